The Bertz CT molecular complexity index is 1020. The molecule has 0 saturated carbocycles. The van der Waals surface area contributed by atoms with Crippen LogP contribution in [-0.2, 0) is 11.3 Å². The molecule has 4 heterocycles. The summed E-state index contributed by atoms with van der Waals surface area (Å²) in [6, 6.07) is 7.25. The molecule has 8 nitrogen and oxygen atoms in total. The maximum atomic E-state index is 12.5. The van der Waals surface area contributed by atoms with Gasteiger partial charge in [0.2, 0.25) is 5.88 Å². The van der Waals surface area contributed by atoms with Crippen molar-refractivity contribution >= 4 is 5.91 Å². The molecule has 1 saturated heterocycles. The highest BCUT2D eigenvalue weighted by atomic mass is 16.5. The summed E-state index contributed by atoms with van der Waals surface area (Å²) in [5, 5.41) is 7.15. The van der Waals surface area contributed by atoms with Crippen LogP contribution in [0.4, 0.5) is 0 Å². The number of aryl methyl sites for hydroxylation is 2. The Labute approximate surface area is 174 Å². The minimum Gasteiger partial charge on any atom is -0.473 e. The highest BCUT2D eigenvalue weighted by Gasteiger charge is 2.31. The molecule has 3 aromatic rings. The highest BCUT2D eigenvalue weighted by Crippen LogP contribution is 2.26. The zero-order chi connectivity index (χ0) is 21.1. The predicted molar refractivity (Wildman–Crippen MR) is 109 cm³/mol. The van der Waals surface area contributed by atoms with Crippen molar-refractivity contribution in [2.24, 2.45) is 0 Å². The van der Waals surface area contributed by atoms with Crippen molar-refractivity contribution in [3.63, 3.8) is 0 Å². The molecule has 156 valence electrons. The SMILES string of the molecule is Cc1ccc(-c2noc(C)c2COc2ccc(C(=O)NC3(C)CCOC3)cn2)cn1. The van der Waals surface area contributed by atoms with Crippen molar-refractivity contribution in [1.82, 2.24) is 20.4 Å². The van der Waals surface area contributed by atoms with Gasteiger partial charge in [-0.1, -0.05) is 5.16 Å². The molecule has 3 aromatic heterocycles. The summed E-state index contributed by atoms with van der Waals surface area (Å²) >= 11 is 0. The number of hydrogen-bond donors (Lipinski definition) is 1. The number of amides is 1. The molecule has 1 unspecified atom stereocenters. The van der Waals surface area contributed by atoms with E-state index in [0.717, 1.165) is 23.2 Å². The van der Waals surface area contributed by atoms with E-state index in [2.05, 4.69) is 20.4 Å². The lowest BCUT2D eigenvalue weighted by Crippen LogP contribution is -2.46. The van der Waals surface area contributed by atoms with Gasteiger partial charge in [0.1, 0.15) is 18.1 Å². The zero-order valence-electron chi connectivity index (χ0n) is 17.3. The first-order valence-electron chi connectivity index (χ1n) is 9.81. The van der Waals surface area contributed by atoms with Crippen LogP contribution in [0.25, 0.3) is 11.3 Å². The van der Waals surface area contributed by atoms with Gasteiger partial charge in [-0.05, 0) is 45.4 Å². The van der Waals surface area contributed by atoms with Gasteiger partial charge in [0.05, 0.1) is 23.3 Å². The zero-order valence-corrected chi connectivity index (χ0v) is 17.3. The van der Waals surface area contributed by atoms with E-state index in [0.29, 0.717) is 36.1 Å². The smallest absolute Gasteiger partial charge is 0.253 e. The average Bonchev–Trinajstić information content (AvgIpc) is 3.33. The predicted octanol–water partition coefficient (Wildman–Crippen LogP) is 3.24. The lowest BCUT2D eigenvalue weighted by atomic mass is 10.0. The van der Waals surface area contributed by atoms with Crippen LogP contribution in [0.2, 0.25) is 0 Å². The van der Waals surface area contributed by atoms with Crippen molar-refractivity contribution in [2.75, 3.05) is 13.2 Å². The van der Waals surface area contributed by atoms with Crippen LogP contribution in [0.15, 0.2) is 41.2 Å². The van der Waals surface area contributed by atoms with E-state index < -0.39 is 0 Å². The van der Waals surface area contributed by atoms with Gasteiger partial charge in [-0.3, -0.25) is 9.78 Å². The summed E-state index contributed by atoms with van der Waals surface area (Å²) in [7, 11) is 0. The van der Waals surface area contributed by atoms with Crippen LogP contribution >= 0.6 is 0 Å². The number of ether oxygens (including phenoxy) is 2. The lowest BCUT2D eigenvalue weighted by Gasteiger charge is -2.23. The average molecular weight is 408 g/mol. The topological polar surface area (TPSA) is 99.4 Å². The Morgan fingerprint density at radius 2 is 2.07 bits per heavy atom. The minimum absolute atomic E-state index is 0.175. The Morgan fingerprint density at radius 3 is 2.73 bits per heavy atom. The fourth-order valence-corrected chi connectivity index (χ4v) is 3.25. The Morgan fingerprint density at radius 1 is 1.20 bits per heavy atom. The molecule has 1 aliphatic heterocycles. The Balaban J connectivity index is 1.42. The summed E-state index contributed by atoms with van der Waals surface area (Å²) in [6.07, 6.45) is 4.07. The second-order valence-electron chi connectivity index (χ2n) is 7.75. The van der Waals surface area contributed by atoms with Gasteiger partial charge in [0.15, 0.2) is 0 Å². The molecular weight excluding hydrogens is 384 g/mol. The molecule has 8 heteroatoms. The number of carbonyl (C=O) groups is 1. The number of hydrogen-bond acceptors (Lipinski definition) is 7. The van der Waals surface area contributed by atoms with E-state index in [-0.39, 0.29) is 18.1 Å². The second-order valence-corrected chi connectivity index (χ2v) is 7.75. The van der Waals surface area contributed by atoms with Crippen molar-refractivity contribution in [3.05, 3.63) is 59.2 Å². The maximum absolute atomic E-state index is 12.5. The van der Waals surface area contributed by atoms with Crippen LogP contribution < -0.4 is 10.1 Å². The number of nitrogens with one attached hydrogen (secondary N) is 1. The maximum Gasteiger partial charge on any atom is 0.253 e. The van der Waals surface area contributed by atoms with E-state index >= 15 is 0 Å². The van der Waals surface area contributed by atoms with E-state index in [1.807, 2.05) is 32.9 Å². The van der Waals surface area contributed by atoms with Gasteiger partial charge in [-0.2, -0.15) is 0 Å². The van der Waals surface area contributed by atoms with Gasteiger partial charge < -0.3 is 19.3 Å². The third-order valence-corrected chi connectivity index (χ3v) is 5.17. The van der Waals surface area contributed by atoms with E-state index in [1.165, 1.54) is 6.20 Å². The minimum atomic E-state index is -0.334. The molecule has 1 atom stereocenters. The summed E-state index contributed by atoms with van der Waals surface area (Å²) in [5.41, 5.74) is 3.46. The standard InChI is InChI=1S/C22H24N4O4/c1-14-4-5-16(10-23-14)20-18(15(2)30-26-20)12-29-19-7-6-17(11-24-19)21(27)25-22(3)8-9-28-13-22/h4-7,10-11H,8-9,12-13H2,1-3H3,(H,25,27). The summed E-state index contributed by atoms with van der Waals surface area (Å²) < 4.78 is 16.5. The monoisotopic (exact) mass is 408 g/mol. The molecule has 0 spiro atoms. The molecule has 0 radical (unpaired) electrons. The Kier molecular flexibility index (Phi) is 5.50. The molecule has 1 N–H and O–H groups in total. The molecule has 1 aliphatic rings. The van der Waals surface area contributed by atoms with Crippen LogP contribution in [0.1, 0.15) is 40.7 Å². The van der Waals surface area contributed by atoms with E-state index in [9.17, 15) is 4.79 Å². The molecule has 0 aliphatic carbocycles. The summed E-state index contributed by atoms with van der Waals surface area (Å²) in [4.78, 5) is 21.0. The first-order valence-corrected chi connectivity index (χ1v) is 9.81. The number of carbonyl (C=O) groups excluding carboxylic acids is 1. The van der Waals surface area contributed by atoms with Gasteiger partial charge in [-0.15, -0.1) is 0 Å². The normalized spacial score (nSPS) is 18.4. The number of pyridine rings is 2. The van der Waals surface area contributed by atoms with E-state index in [4.69, 9.17) is 14.0 Å². The number of aromatic nitrogens is 3. The largest absolute Gasteiger partial charge is 0.473 e. The fourth-order valence-electron chi connectivity index (χ4n) is 3.25. The molecule has 30 heavy (non-hydrogen) atoms. The number of nitrogens with zero attached hydrogens (tertiary/aromatic N) is 3. The van der Waals surface area contributed by atoms with Gasteiger partial charge in [0, 0.05) is 36.3 Å². The van der Waals surface area contributed by atoms with Crippen LogP contribution in [0.5, 0.6) is 5.88 Å². The summed E-state index contributed by atoms with van der Waals surface area (Å²) in [5.74, 6) is 0.912. The van der Waals surface area contributed by atoms with Crippen LogP contribution in [-0.4, -0.2) is 39.8 Å². The fraction of sp³-hybridized carbons (Fsp3) is 0.364. The lowest BCUT2D eigenvalue weighted by molar-refractivity contribution is 0.0889. The summed E-state index contributed by atoms with van der Waals surface area (Å²) in [6.45, 7) is 7.16. The quantitative estimate of drug-likeness (QED) is 0.668. The van der Waals surface area contributed by atoms with E-state index in [1.54, 1.807) is 18.3 Å². The van der Waals surface area contributed by atoms with Crippen molar-refractivity contribution < 1.29 is 18.8 Å². The molecule has 4 rings (SSSR count). The molecule has 1 amide bonds. The van der Waals surface area contributed by atoms with Crippen molar-refractivity contribution in [3.8, 4) is 17.1 Å². The third kappa shape index (κ3) is 4.33. The van der Waals surface area contributed by atoms with Gasteiger partial charge in [0.25, 0.3) is 5.91 Å². The first kappa shape index (κ1) is 20.0. The van der Waals surface area contributed by atoms with Crippen LogP contribution in [0.3, 0.4) is 0 Å². The highest BCUT2D eigenvalue weighted by molar-refractivity contribution is 5.94. The molecular formula is C22H24N4O4. The number of rotatable bonds is 6. The van der Waals surface area contributed by atoms with Crippen molar-refractivity contribution in [2.45, 2.75) is 39.3 Å². The molecule has 1 fully saturated rings. The van der Waals surface area contributed by atoms with Crippen LogP contribution in [0, 0.1) is 13.8 Å². The first-order chi connectivity index (χ1) is 14.4. The molecule has 0 bridgehead atoms. The second kappa shape index (κ2) is 8.23. The molecule has 0 aromatic carbocycles. The Hall–Kier alpha value is -3.26. The van der Waals surface area contributed by atoms with Crippen molar-refractivity contribution in [1.29, 1.82) is 0 Å². The van der Waals surface area contributed by atoms with Gasteiger partial charge in [-0.25, -0.2) is 4.98 Å². The third-order valence-electron chi connectivity index (χ3n) is 5.17. The van der Waals surface area contributed by atoms with Gasteiger partial charge >= 0.3 is 0 Å².